The quantitative estimate of drug-likeness (QED) is 0.941. The van der Waals surface area contributed by atoms with Gasteiger partial charge in [0.05, 0.1) is 0 Å². The number of aryl methyl sites for hydroxylation is 1. The van der Waals surface area contributed by atoms with E-state index >= 15 is 0 Å². The van der Waals surface area contributed by atoms with Gasteiger partial charge in [-0.15, -0.1) is 0 Å². The maximum atomic E-state index is 11.6. The summed E-state index contributed by atoms with van der Waals surface area (Å²) in [5, 5.41) is 7.04. The van der Waals surface area contributed by atoms with Crippen LogP contribution in [0, 0.1) is 6.92 Å². The van der Waals surface area contributed by atoms with Crippen molar-refractivity contribution in [2.45, 2.75) is 6.92 Å². The van der Waals surface area contributed by atoms with Gasteiger partial charge in [0.2, 0.25) is 0 Å². The summed E-state index contributed by atoms with van der Waals surface area (Å²) in [5.41, 5.74) is 0. The minimum absolute atomic E-state index is 0.178. The molecule has 0 aliphatic rings. The summed E-state index contributed by atoms with van der Waals surface area (Å²) in [6, 6.07) is 6.32. The maximum absolute atomic E-state index is 11.6. The first-order valence-corrected chi connectivity index (χ1v) is 6.10. The number of nitrogens with one attached hydrogen (secondary N) is 1. The Morgan fingerprint density at radius 3 is 2.58 bits per heavy atom. The highest BCUT2D eigenvalue weighted by Crippen LogP contribution is 2.24. The van der Waals surface area contributed by atoms with E-state index in [0.29, 0.717) is 27.4 Å². The number of nitrogens with zero attached hydrogens (tertiary/aromatic N) is 1. The first-order chi connectivity index (χ1) is 9.02. The number of carbonyl (C=O) groups excluding carboxylic acids is 1. The molecule has 1 heterocycles. The van der Waals surface area contributed by atoms with E-state index < -0.39 is 0 Å². The summed E-state index contributed by atoms with van der Waals surface area (Å²) in [7, 11) is 0. The van der Waals surface area contributed by atoms with E-state index in [1.807, 2.05) is 0 Å². The summed E-state index contributed by atoms with van der Waals surface area (Å²) < 4.78 is 10.1. The third-order valence-electron chi connectivity index (χ3n) is 2.10. The second-order valence-electron chi connectivity index (χ2n) is 3.76. The van der Waals surface area contributed by atoms with Gasteiger partial charge in [0.25, 0.3) is 5.91 Å². The van der Waals surface area contributed by atoms with E-state index in [-0.39, 0.29) is 12.5 Å². The fourth-order valence-corrected chi connectivity index (χ4v) is 1.87. The van der Waals surface area contributed by atoms with Gasteiger partial charge in [-0.3, -0.25) is 4.79 Å². The standard InChI is InChI=1S/C12H10Cl2N2O3/c1-7-2-11(16-19-7)15-12(17)6-18-10-4-8(13)3-9(14)5-10/h2-5H,6H2,1H3,(H,15,16,17). The van der Waals surface area contributed by atoms with Crippen LogP contribution in [-0.2, 0) is 4.79 Å². The first kappa shape index (κ1) is 13.7. The molecule has 0 unspecified atom stereocenters. The van der Waals surface area contributed by atoms with Gasteiger partial charge < -0.3 is 14.6 Å². The number of halogens is 2. The Labute approximate surface area is 119 Å². The van der Waals surface area contributed by atoms with Crippen molar-refractivity contribution in [1.29, 1.82) is 0 Å². The lowest BCUT2D eigenvalue weighted by atomic mass is 10.3. The minimum Gasteiger partial charge on any atom is -0.484 e. The average molecular weight is 301 g/mol. The SMILES string of the molecule is Cc1cc(NC(=O)COc2cc(Cl)cc(Cl)c2)no1. The van der Waals surface area contributed by atoms with Gasteiger partial charge in [-0.05, 0) is 25.1 Å². The summed E-state index contributed by atoms with van der Waals surface area (Å²) in [6.45, 7) is 1.55. The van der Waals surface area contributed by atoms with E-state index in [9.17, 15) is 4.79 Å². The van der Waals surface area contributed by atoms with E-state index in [4.69, 9.17) is 32.5 Å². The molecule has 0 saturated heterocycles. The fraction of sp³-hybridized carbons (Fsp3) is 0.167. The van der Waals surface area contributed by atoms with Crippen LogP contribution in [0.5, 0.6) is 5.75 Å². The molecule has 1 aromatic carbocycles. The average Bonchev–Trinajstić information content (AvgIpc) is 2.71. The van der Waals surface area contributed by atoms with Crippen molar-refractivity contribution in [2.75, 3.05) is 11.9 Å². The van der Waals surface area contributed by atoms with Gasteiger partial charge in [-0.25, -0.2) is 0 Å². The van der Waals surface area contributed by atoms with Crippen LogP contribution in [0.2, 0.25) is 10.0 Å². The highest BCUT2D eigenvalue weighted by molar-refractivity contribution is 6.34. The maximum Gasteiger partial charge on any atom is 0.263 e. The van der Waals surface area contributed by atoms with Crippen LogP contribution in [-0.4, -0.2) is 17.7 Å². The second kappa shape index (κ2) is 5.95. The van der Waals surface area contributed by atoms with Crippen LogP contribution in [0.15, 0.2) is 28.8 Å². The van der Waals surface area contributed by atoms with Crippen LogP contribution in [0.3, 0.4) is 0 Å². The zero-order chi connectivity index (χ0) is 13.8. The Kier molecular flexibility index (Phi) is 4.29. The summed E-state index contributed by atoms with van der Waals surface area (Å²) in [4.78, 5) is 11.6. The molecule has 1 amide bonds. The number of benzene rings is 1. The molecule has 0 atom stereocenters. The number of hydrogen-bond acceptors (Lipinski definition) is 4. The number of ether oxygens (including phenoxy) is 1. The lowest BCUT2D eigenvalue weighted by molar-refractivity contribution is -0.118. The van der Waals surface area contributed by atoms with Crippen molar-refractivity contribution in [2.24, 2.45) is 0 Å². The molecule has 2 rings (SSSR count). The number of hydrogen-bond donors (Lipinski definition) is 1. The zero-order valence-electron chi connectivity index (χ0n) is 9.94. The molecular formula is C12H10Cl2N2O3. The molecular weight excluding hydrogens is 291 g/mol. The summed E-state index contributed by atoms with van der Waals surface area (Å²) in [5.74, 6) is 1.02. The topological polar surface area (TPSA) is 64.4 Å². The molecule has 0 aliphatic heterocycles. The van der Waals surface area contributed by atoms with Gasteiger partial charge in [0.1, 0.15) is 11.5 Å². The monoisotopic (exact) mass is 300 g/mol. The van der Waals surface area contributed by atoms with E-state index in [2.05, 4.69) is 10.5 Å². The van der Waals surface area contributed by atoms with Crippen LogP contribution in [0.4, 0.5) is 5.82 Å². The Bertz CT molecular complexity index is 578. The van der Waals surface area contributed by atoms with Gasteiger partial charge in [-0.1, -0.05) is 28.4 Å². The Balaban J connectivity index is 1.89. The molecule has 0 fully saturated rings. The van der Waals surface area contributed by atoms with Crippen LogP contribution < -0.4 is 10.1 Å². The van der Waals surface area contributed by atoms with Gasteiger partial charge in [-0.2, -0.15) is 0 Å². The lowest BCUT2D eigenvalue weighted by Gasteiger charge is -2.06. The van der Waals surface area contributed by atoms with Crippen LogP contribution >= 0.6 is 23.2 Å². The zero-order valence-corrected chi connectivity index (χ0v) is 11.5. The predicted octanol–water partition coefficient (Wildman–Crippen LogP) is 3.31. The molecule has 7 heteroatoms. The largest absolute Gasteiger partial charge is 0.484 e. The number of aromatic nitrogens is 1. The fourth-order valence-electron chi connectivity index (χ4n) is 1.36. The van der Waals surface area contributed by atoms with Crippen LogP contribution in [0.25, 0.3) is 0 Å². The second-order valence-corrected chi connectivity index (χ2v) is 4.64. The van der Waals surface area contributed by atoms with Crippen molar-refractivity contribution >= 4 is 34.9 Å². The van der Waals surface area contributed by atoms with Crippen molar-refractivity contribution in [3.8, 4) is 5.75 Å². The Hall–Kier alpha value is -1.72. The molecule has 2 aromatic rings. The third kappa shape index (κ3) is 4.15. The number of rotatable bonds is 4. The lowest BCUT2D eigenvalue weighted by Crippen LogP contribution is -2.20. The normalized spacial score (nSPS) is 10.3. The van der Waals surface area contributed by atoms with Crippen molar-refractivity contribution in [3.63, 3.8) is 0 Å². The first-order valence-electron chi connectivity index (χ1n) is 5.35. The van der Waals surface area contributed by atoms with Crippen molar-refractivity contribution < 1.29 is 14.1 Å². The van der Waals surface area contributed by atoms with E-state index in [1.54, 1.807) is 31.2 Å². The molecule has 0 aliphatic carbocycles. The number of anilines is 1. The van der Waals surface area contributed by atoms with Gasteiger partial charge in [0.15, 0.2) is 12.4 Å². The van der Waals surface area contributed by atoms with E-state index in [0.717, 1.165) is 0 Å². The molecule has 5 nitrogen and oxygen atoms in total. The smallest absolute Gasteiger partial charge is 0.263 e. The van der Waals surface area contributed by atoms with E-state index in [1.165, 1.54) is 0 Å². The molecule has 0 spiro atoms. The molecule has 19 heavy (non-hydrogen) atoms. The predicted molar refractivity (Wildman–Crippen MR) is 71.8 cm³/mol. The Morgan fingerprint density at radius 1 is 1.32 bits per heavy atom. The number of carbonyl (C=O) groups is 1. The van der Waals surface area contributed by atoms with Crippen molar-refractivity contribution in [1.82, 2.24) is 5.16 Å². The Morgan fingerprint density at radius 2 is 2.00 bits per heavy atom. The highest BCUT2D eigenvalue weighted by Gasteiger charge is 2.07. The summed E-state index contributed by atoms with van der Waals surface area (Å²) >= 11 is 11.6. The number of amides is 1. The molecule has 1 N–H and O–H groups in total. The highest BCUT2D eigenvalue weighted by atomic mass is 35.5. The van der Waals surface area contributed by atoms with Crippen LogP contribution in [0.1, 0.15) is 5.76 Å². The molecule has 0 saturated carbocycles. The molecule has 0 radical (unpaired) electrons. The molecule has 0 bridgehead atoms. The van der Waals surface area contributed by atoms with Gasteiger partial charge >= 0.3 is 0 Å². The minimum atomic E-state index is -0.357. The van der Waals surface area contributed by atoms with Crippen molar-refractivity contribution in [3.05, 3.63) is 40.1 Å². The molecule has 100 valence electrons. The molecule has 1 aromatic heterocycles. The third-order valence-corrected chi connectivity index (χ3v) is 2.54. The van der Waals surface area contributed by atoms with Gasteiger partial charge in [0, 0.05) is 16.1 Å². The summed E-state index contributed by atoms with van der Waals surface area (Å²) in [6.07, 6.45) is 0.